The first-order valence-corrected chi connectivity index (χ1v) is 12.1. The van der Waals surface area contributed by atoms with Crippen molar-refractivity contribution >= 4 is 0 Å². The molecule has 4 fully saturated rings. The van der Waals surface area contributed by atoms with Crippen LogP contribution in [0.4, 0.5) is 0 Å². The molecule has 2 bridgehead atoms. The zero-order valence-corrected chi connectivity index (χ0v) is 18.4. The van der Waals surface area contributed by atoms with Crippen molar-refractivity contribution in [2.24, 2.45) is 5.92 Å². The lowest BCUT2D eigenvalue weighted by Crippen LogP contribution is -2.52. The van der Waals surface area contributed by atoms with E-state index in [1.54, 1.807) is 0 Å². The number of ether oxygens (including phenoxy) is 2. The van der Waals surface area contributed by atoms with Gasteiger partial charge in [-0.2, -0.15) is 0 Å². The first-order chi connectivity index (χ1) is 15.7. The minimum Gasteiger partial charge on any atom is -0.352 e. The number of fused-ring (bicyclic) bond motifs is 4. The summed E-state index contributed by atoms with van der Waals surface area (Å²) in [5, 5.41) is 18.7. The lowest BCUT2D eigenvalue weighted by Gasteiger charge is -2.45. The molecule has 3 N–H and O–H groups in total. The summed E-state index contributed by atoms with van der Waals surface area (Å²) >= 11 is 0. The second kappa shape index (κ2) is 7.24. The van der Waals surface area contributed by atoms with Crippen molar-refractivity contribution in [3.63, 3.8) is 0 Å². The summed E-state index contributed by atoms with van der Waals surface area (Å²) in [6.07, 6.45) is 6.33. The highest BCUT2D eigenvalue weighted by Crippen LogP contribution is 2.47. The van der Waals surface area contributed by atoms with Crippen molar-refractivity contribution in [3.8, 4) is 0 Å². The van der Waals surface area contributed by atoms with E-state index in [4.69, 9.17) is 9.47 Å². The second-order valence-corrected chi connectivity index (χ2v) is 10.1. The molecule has 2 aromatic heterocycles. The zero-order valence-electron chi connectivity index (χ0n) is 18.4. The van der Waals surface area contributed by atoms with E-state index in [1.807, 2.05) is 0 Å². The maximum Gasteiger partial charge on any atom is 0.270 e. The number of rotatable bonds is 3. The van der Waals surface area contributed by atoms with Gasteiger partial charge in [0, 0.05) is 42.7 Å². The first-order valence-electron chi connectivity index (χ1n) is 12.1. The van der Waals surface area contributed by atoms with Crippen LogP contribution in [-0.4, -0.2) is 68.0 Å². The molecule has 6 atom stereocenters. The molecule has 172 valence electrons. The number of H-pyrrole nitrogens is 2. The molecule has 0 radical (unpaired) electrons. The molecule has 10 heteroatoms. The highest BCUT2D eigenvalue weighted by molar-refractivity contribution is 5.25. The van der Waals surface area contributed by atoms with Gasteiger partial charge in [0.15, 0.2) is 6.29 Å². The molecule has 5 aliphatic rings. The Bertz CT molecular complexity index is 1060. The van der Waals surface area contributed by atoms with Crippen molar-refractivity contribution in [2.75, 3.05) is 19.8 Å². The molecule has 10 nitrogen and oxygen atoms in total. The SMILES string of the molecule is Cc1nnc(C2COC3OCCC32)n1C1CC2CCC(C1)N2C1NCCc2[nH][nH]c(=O)c21. The Morgan fingerprint density at radius 3 is 2.72 bits per heavy atom. The third kappa shape index (κ3) is 2.76. The van der Waals surface area contributed by atoms with Gasteiger partial charge in [0.25, 0.3) is 5.56 Å². The number of hydrogen-bond donors (Lipinski definition) is 3. The summed E-state index contributed by atoms with van der Waals surface area (Å²) in [7, 11) is 0. The maximum atomic E-state index is 12.5. The van der Waals surface area contributed by atoms with Crippen molar-refractivity contribution in [2.45, 2.75) is 81.9 Å². The molecule has 7 rings (SSSR count). The van der Waals surface area contributed by atoms with E-state index in [9.17, 15) is 4.79 Å². The molecule has 0 amide bonds. The van der Waals surface area contributed by atoms with Crippen molar-refractivity contribution < 1.29 is 9.47 Å². The van der Waals surface area contributed by atoms with E-state index < -0.39 is 0 Å². The summed E-state index contributed by atoms with van der Waals surface area (Å²) in [5.41, 5.74) is 1.97. The summed E-state index contributed by atoms with van der Waals surface area (Å²) in [6.45, 7) is 4.42. The molecule has 0 aliphatic carbocycles. The van der Waals surface area contributed by atoms with Crippen LogP contribution in [-0.2, 0) is 15.9 Å². The van der Waals surface area contributed by atoms with Gasteiger partial charge >= 0.3 is 0 Å². The predicted molar refractivity (Wildman–Crippen MR) is 114 cm³/mol. The average molecular weight is 442 g/mol. The van der Waals surface area contributed by atoms with Crippen LogP contribution in [0.5, 0.6) is 0 Å². The Morgan fingerprint density at radius 2 is 1.88 bits per heavy atom. The van der Waals surface area contributed by atoms with Gasteiger partial charge in [-0.05, 0) is 39.0 Å². The van der Waals surface area contributed by atoms with E-state index in [1.165, 1.54) is 12.8 Å². The average Bonchev–Trinajstić information content (AvgIpc) is 3.58. The Balaban J connectivity index is 1.18. The van der Waals surface area contributed by atoms with E-state index in [0.717, 1.165) is 61.7 Å². The van der Waals surface area contributed by atoms with Crippen LogP contribution in [0.3, 0.4) is 0 Å². The molecule has 0 aromatic carbocycles. The van der Waals surface area contributed by atoms with Crippen LogP contribution in [0, 0.1) is 12.8 Å². The van der Waals surface area contributed by atoms with Crippen molar-refractivity contribution in [3.05, 3.63) is 33.3 Å². The molecule has 32 heavy (non-hydrogen) atoms. The quantitative estimate of drug-likeness (QED) is 0.654. The molecular formula is C22H31N7O3. The molecule has 4 saturated heterocycles. The number of aromatic amines is 2. The fourth-order valence-electron chi connectivity index (χ4n) is 7.22. The van der Waals surface area contributed by atoms with Gasteiger partial charge in [0.05, 0.1) is 30.9 Å². The summed E-state index contributed by atoms with van der Waals surface area (Å²) in [5.74, 6) is 2.73. The van der Waals surface area contributed by atoms with Crippen LogP contribution in [0.2, 0.25) is 0 Å². The molecule has 0 spiro atoms. The van der Waals surface area contributed by atoms with Crippen LogP contribution in [0.1, 0.15) is 73.1 Å². The number of aryl methyl sites for hydroxylation is 1. The van der Waals surface area contributed by atoms with Crippen LogP contribution in [0.25, 0.3) is 0 Å². The summed E-state index contributed by atoms with van der Waals surface area (Å²) in [6, 6.07) is 1.30. The smallest absolute Gasteiger partial charge is 0.270 e. The van der Waals surface area contributed by atoms with Gasteiger partial charge in [0.1, 0.15) is 11.6 Å². The lowest BCUT2D eigenvalue weighted by molar-refractivity contribution is -0.0905. The van der Waals surface area contributed by atoms with Crippen LogP contribution < -0.4 is 10.9 Å². The van der Waals surface area contributed by atoms with Crippen molar-refractivity contribution in [1.29, 1.82) is 0 Å². The van der Waals surface area contributed by atoms with E-state index >= 15 is 0 Å². The highest BCUT2D eigenvalue weighted by atomic mass is 16.7. The van der Waals surface area contributed by atoms with Gasteiger partial charge in [-0.25, -0.2) is 0 Å². The zero-order chi connectivity index (χ0) is 21.4. The van der Waals surface area contributed by atoms with E-state index in [0.29, 0.717) is 30.7 Å². The van der Waals surface area contributed by atoms with Gasteiger partial charge in [-0.1, -0.05) is 0 Å². The lowest BCUT2D eigenvalue weighted by atomic mass is 9.90. The number of piperidine rings is 1. The Labute approximate surface area is 186 Å². The van der Waals surface area contributed by atoms with Gasteiger partial charge in [0.2, 0.25) is 0 Å². The number of aromatic nitrogens is 5. The third-order valence-corrected chi connectivity index (χ3v) is 8.57. The standard InChI is InChI=1S/C22H31N7O3/c1-11-24-26-19(16-10-32-22-15(16)5-7-31-22)28(11)14-8-12-2-3-13(9-14)29(12)20-18-17(4-6-23-20)25-27-21(18)30/h12-16,20,22-23H,2-10H2,1H3,(H2,25,27,30). The molecule has 0 saturated carbocycles. The fourth-order valence-corrected chi connectivity index (χ4v) is 7.22. The molecule has 6 unspecified atom stereocenters. The minimum atomic E-state index is -0.0745. The Morgan fingerprint density at radius 1 is 1.03 bits per heavy atom. The van der Waals surface area contributed by atoms with Gasteiger partial charge in [-0.15, -0.1) is 10.2 Å². The van der Waals surface area contributed by atoms with Gasteiger partial charge in [-0.3, -0.25) is 20.1 Å². The van der Waals surface area contributed by atoms with Crippen LogP contribution >= 0.6 is 0 Å². The predicted octanol–water partition coefficient (Wildman–Crippen LogP) is 1.09. The molecule has 2 aromatic rings. The molecule has 7 heterocycles. The number of nitrogens with zero attached hydrogens (tertiary/aromatic N) is 4. The highest BCUT2D eigenvalue weighted by Gasteiger charge is 2.49. The van der Waals surface area contributed by atoms with Crippen LogP contribution in [0.15, 0.2) is 4.79 Å². The topological polar surface area (TPSA) is 113 Å². The summed E-state index contributed by atoms with van der Waals surface area (Å²) in [4.78, 5) is 15.1. The second-order valence-electron chi connectivity index (χ2n) is 10.1. The first kappa shape index (κ1) is 19.5. The Hall–Kier alpha value is -2.01. The molecule has 5 aliphatic heterocycles. The largest absolute Gasteiger partial charge is 0.352 e. The fraction of sp³-hybridized carbons (Fsp3) is 0.773. The van der Waals surface area contributed by atoms with Gasteiger partial charge < -0.3 is 19.1 Å². The van der Waals surface area contributed by atoms with Crippen molar-refractivity contribution in [1.82, 2.24) is 35.2 Å². The normalized spacial score (nSPS) is 38.8. The summed E-state index contributed by atoms with van der Waals surface area (Å²) < 4.78 is 14.1. The minimum absolute atomic E-state index is 0.00769. The number of hydrogen-bond acceptors (Lipinski definition) is 7. The Kier molecular flexibility index (Phi) is 4.41. The van der Waals surface area contributed by atoms with E-state index in [2.05, 4.69) is 42.1 Å². The maximum absolute atomic E-state index is 12.5. The van der Waals surface area contributed by atoms with E-state index in [-0.39, 0.29) is 23.9 Å². The molecular weight excluding hydrogens is 410 g/mol. The third-order valence-electron chi connectivity index (χ3n) is 8.57. The number of nitrogens with one attached hydrogen (secondary N) is 3. The monoisotopic (exact) mass is 441 g/mol.